The van der Waals surface area contributed by atoms with Crippen LogP contribution < -0.4 is 0 Å². The highest BCUT2D eigenvalue weighted by Gasteiger charge is 2.35. The van der Waals surface area contributed by atoms with Crippen LogP contribution in [0.1, 0.15) is 13.8 Å². The molecule has 7 heteroatoms. The van der Waals surface area contributed by atoms with Crippen molar-refractivity contribution in [3.05, 3.63) is 0 Å². The zero-order chi connectivity index (χ0) is 13.4. The van der Waals surface area contributed by atoms with E-state index in [4.69, 9.17) is 19.3 Å². The first kappa shape index (κ1) is 17.0. The molecule has 0 rings (SSSR count). The van der Waals surface area contributed by atoms with E-state index in [9.17, 15) is 4.57 Å². The predicted molar refractivity (Wildman–Crippen MR) is 65.8 cm³/mol. The molecular formula is C10H25NO5P+. The monoisotopic (exact) mass is 270 g/mol. The minimum Gasteiger partial charge on any atom is -0.391 e. The molecule has 0 radical (unpaired) electrons. The van der Waals surface area contributed by atoms with E-state index in [-0.39, 0.29) is 24.0 Å². The average molecular weight is 270 g/mol. The second-order valence-electron chi connectivity index (χ2n) is 4.10. The van der Waals surface area contributed by atoms with Crippen LogP contribution >= 0.6 is 7.60 Å². The van der Waals surface area contributed by atoms with E-state index in [1.165, 1.54) is 0 Å². The van der Waals surface area contributed by atoms with Gasteiger partial charge >= 0.3 is 7.60 Å². The normalized spacial score (nSPS) is 13.0. The van der Waals surface area contributed by atoms with Crippen LogP contribution in [-0.4, -0.2) is 67.5 Å². The van der Waals surface area contributed by atoms with E-state index in [1.807, 2.05) is 7.05 Å². The molecule has 0 spiro atoms. The standard InChI is InChI=1S/C10H25NO5P/c1-4-15-17(14,16-5-2)10-11(3,6-8-12)7-9-13/h12-13H,4-10H2,1-3H3/q+1. The first-order valence-corrected chi connectivity index (χ1v) is 7.61. The number of rotatable bonds is 10. The van der Waals surface area contributed by atoms with Gasteiger partial charge in [0.25, 0.3) is 0 Å². The first-order chi connectivity index (χ1) is 7.95. The largest absolute Gasteiger partial charge is 0.391 e. The van der Waals surface area contributed by atoms with Crippen molar-refractivity contribution in [2.75, 3.05) is 52.9 Å². The lowest BCUT2D eigenvalue weighted by molar-refractivity contribution is -0.900. The van der Waals surface area contributed by atoms with Gasteiger partial charge in [-0.25, -0.2) is 0 Å². The molecule has 0 amide bonds. The topological polar surface area (TPSA) is 76.0 Å². The van der Waals surface area contributed by atoms with Gasteiger partial charge in [0.05, 0.1) is 33.5 Å². The van der Waals surface area contributed by atoms with Crippen molar-refractivity contribution < 1.29 is 28.3 Å². The lowest BCUT2D eigenvalue weighted by atomic mass is 10.4. The lowest BCUT2D eigenvalue weighted by Crippen LogP contribution is -2.48. The highest BCUT2D eigenvalue weighted by Crippen LogP contribution is 2.49. The highest BCUT2D eigenvalue weighted by atomic mass is 31.2. The molecule has 2 N–H and O–H groups in total. The fourth-order valence-electron chi connectivity index (χ4n) is 1.67. The second-order valence-corrected chi connectivity index (χ2v) is 6.12. The third kappa shape index (κ3) is 6.50. The smallest absolute Gasteiger partial charge is 0.384 e. The van der Waals surface area contributed by atoms with Crippen molar-refractivity contribution in [2.45, 2.75) is 13.8 Å². The van der Waals surface area contributed by atoms with Gasteiger partial charge in [0.1, 0.15) is 13.1 Å². The molecule has 6 nitrogen and oxygen atoms in total. The van der Waals surface area contributed by atoms with Crippen LogP contribution in [0, 0.1) is 0 Å². The van der Waals surface area contributed by atoms with Crippen molar-refractivity contribution in [3.63, 3.8) is 0 Å². The third-order valence-corrected chi connectivity index (χ3v) is 4.78. The summed E-state index contributed by atoms with van der Waals surface area (Å²) in [5.41, 5.74) is 0. The molecule has 104 valence electrons. The van der Waals surface area contributed by atoms with E-state index in [1.54, 1.807) is 13.8 Å². The Bertz CT molecular complexity index is 233. The van der Waals surface area contributed by atoms with Gasteiger partial charge in [-0.3, -0.25) is 4.57 Å². The molecule has 0 unspecified atom stereocenters. The van der Waals surface area contributed by atoms with E-state index in [0.29, 0.717) is 26.3 Å². The van der Waals surface area contributed by atoms with Crippen LogP contribution in [0.3, 0.4) is 0 Å². The molecule has 0 aliphatic rings. The zero-order valence-corrected chi connectivity index (χ0v) is 11.9. The number of likely N-dealkylation sites (N-methyl/N-ethyl adjacent to an activating group) is 1. The van der Waals surface area contributed by atoms with Crippen LogP contribution in [0.5, 0.6) is 0 Å². The molecule has 0 aliphatic heterocycles. The van der Waals surface area contributed by atoms with Gasteiger partial charge in [-0.1, -0.05) is 0 Å². The SMILES string of the molecule is CCOP(=O)(C[N+](C)(CCO)CCO)OCC. The minimum atomic E-state index is -3.15. The number of nitrogens with zero attached hydrogens (tertiary/aromatic N) is 1. The van der Waals surface area contributed by atoms with Gasteiger partial charge in [0.2, 0.25) is 0 Å². The van der Waals surface area contributed by atoms with Gasteiger partial charge < -0.3 is 23.7 Å². The van der Waals surface area contributed by atoms with Crippen LogP contribution in [0.25, 0.3) is 0 Å². The fourth-order valence-corrected chi connectivity index (χ4v) is 3.81. The van der Waals surface area contributed by atoms with Gasteiger partial charge in [0.15, 0.2) is 6.29 Å². The fraction of sp³-hybridized carbons (Fsp3) is 1.00. The van der Waals surface area contributed by atoms with Crippen molar-refractivity contribution in [1.82, 2.24) is 0 Å². The first-order valence-electron chi connectivity index (χ1n) is 5.88. The van der Waals surface area contributed by atoms with Crippen LogP contribution in [0.15, 0.2) is 0 Å². The van der Waals surface area contributed by atoms with Crippen molar-refractivity contribution in [3.8, 4) is 0 Å². The van der Waals surface area contributed by atoms with Crippen LogP contribution in [0.4, 0.5) is 0 Å². The molecule has 0 aliphatic carbocycles. The predicted octanol–water partition coefficient (Wildman–Crippen LogP) is 0.641. The zero-order valence-electron chi connectivity index (χ0n) is 11.0. The van der Waals surface area contributed by atoms with Crippen molar-refractivity contribution in [2.24, 2.45) is 0 Å². The van der Waals surface area contributed by atoms with Crippen LogP contribution in [0.2, 0.25) is 0 Å². The summed E-state index contributed by atoms with van der Waals surface area (Å²) in [6.45, 7) is 4.89. The van der Waals surface area contributed by atoms with Gasteiger partial charge in [-0.05, 0) is 13.8 Å². The summed E-state index contributed by atoms with van der Waals surface area (Å²) < 4.78 is 23.0. The quantitative estimate of drug-likeness (QED) is 0.450. The van der Waals surface area contributed by atoms with E-state index >= 15 is 0 Å². The van der Waals surface area contributed by atoms with E-state index in [0.717, 1.165) is 0 Å². The molecule has 0 saturated carbocycles. The Morgan fingerprint density at radius 2 is 1.47 bits per heavy atom. The maximum Gasteiger partial charge on any atom is 0.384 e. The summed E-state index contributed by atoms with van der Waals surface area (Å²) in [7, 11) is -1.33. The summed E-state index contributed by atoms with van der Waals surface area (Å²) in [4.78, 5) is 0. The summed E-state index contributed by atoms with van der Waals surface area (Å²) in [6.07, 6.45) is 0.163. The lowest BCUT2D eigenvalue weighted by Gasteiger charge is -2.35. The van der Waals surface area contributed by atoms with Crippen molar-refractivity contribution in [1.29, 1.82) is 0 Å². The average Bonchev–Trinajstić information content (AvgIpc) is 2.17. The Balaban J connectivity index is 4.72. The van der Waals surface area contributed by atoms with Crippen molar-refractivity contribution >= 4 is 7.60 Å². The molecular weight excluding hydrogens is 245 g/mol. The molecule has 0 heterocycles. The number of hydrogen-bond acceptors (Lipinski definition) is 5. The van der Waals surface area contributed by atoms with E-state index < -0.39 is 7.60 Å². The van der Waals surface area contributed by atoms with E-state index in [2.05, 4.69) is 0 Å². The Labute approximate surface area is 103 Å². The summed E-state index contributed by atoms with van der Waals surface area (Å²) in [6, 6.07) is 0. The number of hydrogen-bond donors (Lipinski definition) is 2. The molecule has 0 aromatic carbocycles. The Morgan fingerprint density at radius 1 is 1.06 bits per heavy atom. The minimum absolute atomic E-state index is 0.0330. The number of aliphatic hydroxyl groups excluding tert-OH is 2. The Kier molecular flexibility index (Phi) is 8.20. The molecule has 0 aromatic rings. The number of aliphatic hydroxyl groups is 2. The molecule has 0 saturated heterocycles. The molecule has 0 fully saturated rings. The summed E-state index contributed by atoms with van der Waals surface area (Å²) in [5.74, 6) is 0. The molecule has 0 bridgehead atoms. The molecule has 0 aromatic heterocycles. The van der Waals surface area contributed by atoms with Gasteiger partial charge in [-0.15, -0.1) is 0 Å². The maximum atomic E-state index is 12.4. The molecule has 0 atom stereocenters. The molecule has 17 heavy (non-hydrogen) atoms. The van der Waals surface area contributed by atoms with Gasteiger partial charge in [-0.2, -0.15) is 0 Å². The van der Waals surface area contributed by atoms with Gasteiger partial charge in [0, 0.05) is 0 Å². The summed E-state index contributed by atoms with van der Waals surface area (Å²) in [5, 5.41) is 18.0. The van der Waals surface area contributed by atoms with Crippen LogP contribution in [-0.2, 0) is 13.6 Å². The third-order valence-electron chi connectivity index (χ3n) is 2.45. The highest BCUT2D eigenvalue weighted by molar-refractivity contribution is 7.53. The second kappa shape index (κ2) is 8.19. The maximum absolute atomic E-state index is 12.4. The Morgan fingerprint density at radius 3 is 1.76 bits per heavy atom. The summed E-state index contributed by atoms with van der Waals surface area (Å²) >= 11 is 0. The Hall–Kier alpha value is 0.0300. The number of quaternary nitrogens is 1.